The maximum Gasteiger partial charge on any atom is 0.243 e. The van der Waals surface area contributed by atoms with Crippen LogP contribution in [0.2, 0.25) is 0 Å². The van der Waals surface area contributed by atoms with Gasteiger partial charge in [0.05, 0.1) is 4.90 Å². The van der Waals surface area contributed by atoms with Crippen molar-refractivity contribution in [3.05, 3.63) is 72.1 Å². The van der Waals surface area contributed by atoms with Gasteiger partial charge >= 0.3 is 0 Å². The van der Waals surface area contributed by atoms with Crippen molar-refractivity contribution >= 4 is 26.7 Å². The van der Waals surface area contributed by atoms with Crippen molar-refractivity contribution in [1.82, 2.24) is 13.7 Å². The average molecular weight is 415 g/mol. The molecule has 2 aromatic carbocycles. The van der Waals surface area contributed by atoms with E-state index in [0.717, 1.165) is 23.9 Å². The van der Waals surface area contributed by atoms with Crippen molar-refractivity contribution in [2.24, 2.45) is 0 Å². The molecule has 0 unspecified atom stereocenters. The topological polar surface area (TPSA) is 66.4 Å². The summed E-state index contributed by atoms with van der Waals surface area (Å²) >= 11 is 1.39. The molecule has 0 spiro atoms. The van der Waals surface area contributed by atoms with Gasteiger partial charge in [-0.25, -0.2) is 13.4 Å². The van der Waals surface area contributed by atoms with E-state index >= 15 is 0 Å². The Labute approximate surface area is 169 Å². The fourth-order valence-corrected chi connectivity index (χ4v) is 5.52. The molecule has 1 saturated heterocycles. The van der Waals surface area contributed by atoms with Gasteiger partial charge in [-0.1, -0.05) is 48.5 Å². The first-order chi connectivity index (χ1) is 13.6. The first-order valence-electron chi connectivity index (χ1n) is 9.29. The van der Waals surface area contributed by atoms with E-state index in [1.54, 1.807) is 28.6 Å². The Morgan fingerprint density at radius 3 is 2.36 bits per heavy atom. The molecule has 0 amide bonds. The molecule has 1 aliphatic rings. The number of sulfonamides is 1. The largest absolute Gasteiger partial charge is 0.345 e. The lowest BCUT2D eigenvalue weighted by atomic mass is 10.1. The van der Waals surface area contributed by atoms with Crippen LogP contribution >= 0.6 is 11.5 Å². The quantitative estimate of drug-likeness (QED) is 0.642. The number of hydrogen-bond donors (Lipinski definition) is 0. The molecule has 28 heavy (non-hydrogen) atoms. The monoisotopic (exact) mass is 414 g/mol. The van der Waals surface area contributed by atoms with Gasteiger partial charge in [-0.3, -0.25) is 0 Å². The molecule has 4 rings (SSSR count). The lowest BCUT2D eigenvalue weighted by Gasteiger charge is -2.21. The van der Waals surface area contributed by atoms with Crippen LogP contribution in [0, 0.1) is 0 Å². The molecular formula is C20H22N4O2S2. The summed E-state index contributed by atoms with van der Waals surface area (Å²) in [4.78, 5) is 7.18. The van der Waals surface area contributed by atoms with E-state index in [1.165, 1.54) is 17.1 Å². The van der Waals surface area contributed by atoms with Crippen LogP contribution in [-0.4, -0.2) is 48.3 Å². The second-order valence-electron chi connectivity index (χ2n) is 6.71. The molecule has 0 radical (unpaired) electrons. The minimum Gasteiger partial charge on any atom is -0.345 e. The van der Waals surface area contributed by atoms with E-state index < -0.39 is 10.0 Å². The molecule has 0 aliphatic carbocycles. The minimum absolute atomic E-state index is 0.351. The van der Waals surface area contributed by atoms with Crippen molar-refractivity contribution in [3.63, 3.8) is 0 Å². The molecule has 146 valence electrons. The Kier molecular flexibility index (Phi) is 5.70. The standard InChI is InChI=1S/C20H22N4O2S2/c25-28(26,18-10-5-2-6-11-18)24-13-7-12-23(14-15-24)20-21-19(22-27-20)16-17-8-3-1-4-9-17/h1-6,8-11H,7,12-16H2. The van der Waals surface area contributed by atoms with Crippen molar-refractivity contribution in [2.75, 3.05) is 31.1 Å². The van der Waals surface area contributed by atoms with Crippen molar-refractivity contribution in [1.29, 1.82) is 0 Å². The SMILES string of the molecule is O=S(=O)(c1ccccc1)N1CCCN(c2nc(Cc3ccccc3)ns2)CC1. The first-order valence-corrected chi connectivity index (χ1v) is 11.5. The summed E-state index contributed by atoms with van der Waals surface area (Å²) in [6.45, 7) is 2.36. The van der Waals surface area contributed by atoms with Crippen LogP contribution in [0.1, 0.15) is 17.8 Å². The summed E-state index contributed by atoms with van der Waals surface area (Å²) in [5.41, 5.74) is 1.18. The highest BCUT2D eigenvalue weighted by Crippen LogP contribution is 2.23. The van der Waals surface area contributed by atoms with Crippen LogP contribution in [-0.2, 0) is 16.4 Å². The summed E-state index contributed by atoms with van der Waals surface area (Å²) in [6, 6.07) is 18.8. The van der Waals surface area contributed by atoms with Crippen molar-refractivity contribution < 1.29 is 8.42 Å². The summed E-state index contributed by atoms with van der Waals surface area (Å²) in [7, 11) is -3.45. The number of rotatable bonds is 5. The summed E-state index contributed by atoms with van der Waals surface area (Å²) in [5, 5.41) is 0.866. The van der Waals surface area contributed by atoms with Crippen LogP contribution in [0.4, 0.5) is 5.13 Å². The highest BCUT2D eigenvalue weighted by Gasteiger charge is 2.27. The van der Waals surface area contributed by atoms with Gasteiger partial charge in [-0.2, -0.15) is 8.68 Å². The molecule has 0 atom stereocenters. The Hall–Kier alpha value is -2.29. The van der Waals surface area contributed by atoms with Crippen LogP contribution in [0.3, 0.4) is 0 Å². The lowest BCUT2D eigenvalue weighted by molar-refractivity contribution is 0.433. The predicted octanol–water partition coefficient (Wildman–Crippen LogP) is 3.03. The Balaban J connectivity index is 1.43. The number of hydrogen-bond acceptors (Lipinski definition) is 6. The van der Waals surface area contributed by atoms with Crippen molar-refractivity contribution in [2.45, 2.75) is 17.7 Å². The second-order valence-corrected chi connectivity index (χ2v) is 9.38. The van der Waals surface area contributed by atoms with E-state index in [1.807, 2.05) is 24.3 Å². The normalized spacial score (nSPS) is 16.1. The third-order valence-corrected chi connectivity index (χ3v) is 7.50. The molecule has 2 heterocycles. The molecule has 6 nitrogen and oxygen atoms in total. The third kappa shape index (κ3) is 4.24. The highest BCUT2D eigenvalue weighted by atomic mass is 32.2. The van der Waals surface area contributed by atoms with Gasteiger partial charge in [0.15, 0.2) is 0 Å². The van der Waals surface area contributed by atoms with E-state index in [9.17, 15) is 8.42 Å². The number of benzene rings is 2. The van der Waals surface area contributed by atoms with E-state index in [0.29, 0.717) is 31.0 Å². The zero-order valence-corrected chi connectivity index (χ0v) is 17.1. The summed E-state index contributed by atoms with van der Waals surface area (Å²) < 4.78 is 31.8. The molecule has 1 fully saturated rings. The van der Waals surface area contributed by atoms with Gasteiger partial charge in [0.2, 0.25) is 15.2 Å². The number of nitrogens with zero attached hydrogens (tertiary/aromatic N) is 4. The first kappa shape index (κ1) is 19.0. The Morgan fingerprint density at radius 1 is 0.893 bits per heavy atom. The van der Waals surface area contributed by atoms with Crippen LogP contribution in [0.25, 0.3) is 0 Å². The van der Waals surface area contributed by atoms with Gasteiger partial charge in [0.25, 0.3) is 0 Å². The maximum atomic E-state index is 12.9. The summed E-state index contributed by atoms with van der Waals surface area (Å²) in [5.74, 6) is 0.809. The van der Waals surface area contributed by atoms with Crippen LogP contribution in [0.15, 0.2) is 65.6 Å². The molecular weight excluding hydrogens is 392 g/mol. The van der Waals surface area contributed by atoms with Gasteiger partial charge in [-0.05, 0) is 24.1 Å². The maximum absolute atomic E-state index is 12.9. The van der Waals surface area contributed by atoms with Gasteiger partial charge in [0, 0.05) is 44.1 Å². The molecule has 1 aliphatic heterocycles. The van der Waals surface area contributed by atoms with Gasteiger partial charge in [0.1, 0.15) is 5.82 Å². The molecule has 0 bridgehead atoms. The fourth-order valence-electron chi connectivity index (χ4n) is 3.29. The predicted molar refractivity (Wildman–Crippen MR) is 111 cm³/mol. The number of anilines is 1. The van der Waals surface area contributed by atoms with E-state index in [4.69, 9.17) is 0 Å². The molecule has 1 aromatic heterocycles. The van der Waals surface area contributed by atoms with E-state index in [2.05, 4.69) is 26.4 Å². The minimum atomic E-state index is -3.45. The Bertz CT molecular complexity index is 1010. The van der Waals surface area contributed by atoms with Gasteiger partial charge in [-0.15, -0.1) is 0 Å². The number of aromatic nitrogens is 2. The van der Waals surface area contributed by atoms with Gasteiger partial charge < -0.3 is 4.90 Å². The summed E-state index contributed by atoms with van der Waals surface area (Å²) in [6.07, 6.45) is 1.47. The molecule has 3 aromatic rings. The molecule has 0 N–H and O–H groups in total. The average Bonchev–Trinajstić information content (AvgIpc) is 3.03. The highest BCUT2D eigenvalue weighted by molar-refractivity contribution is 7.89. The van der Waals surface area contributed by atoms with Crippen molar-refractivity contribution in [3.8, 4) is 0 Å². The Morgan fingerprint density at radius 2 is 1.61 bits per heavy atom. The van der Waals surface area contributed by atoms with E-state index in [-0.39, 0.29) is 0 Å². The molecule has 0 saturated carbocycles. The smallest absolute Gasteiger partial charge is 0.243 e. The zero-order valence-electron chi connectivity index (χ0n) is 15.4. The van der Waals surface area contributed by atoms with Crippen LogP contribution in [0.5, 0.6) is 0 Å². The third-order valence-electron chi connectivity index (χ3n) is 4.77. The second kappa shape index (κ2) is 8.38. The lowest BCUT2D eigenvalue weighted by Crippen LogP contribution is -2.35. The zero-order chi connectivity index (χ0) is 19.4. The molecule has 8 heteroatoms. The fraction of sp³-hybridized carbons (Fsp3) is 0.300. The van der Waals surface area contributed by atoms with Crippen LogP contribution < -0.4 is 4.90 Å².